The van der Waals surface area contributed by atoms with Crippen LogP contribution in [0.3, 0.4) is 0 Å². The van der Waals surface area contributed by atoms with Crippen LogP contribution in [-0.2, 0) is 32.0 Å². The maximum Gasteiger partial charge on any atom is 0.277 e. The van der Waals surface area contributed by atoms with Crippen molar-refractivity contribution in [2.24, 2.45) is 11.8 Å². The van der Waals surface area contributed by atoms with E-state index >= 15 is 0 Å². The molecule has 0 aliphatic carbocycles. The molecule has 286 valence electrons. The van der Waals surface area contributed by atoms with Crippen LogP contribution in [0.2, 0.25) is 0 Å². The van der Waals surface area contributed by atoms with Gasteiger partial charge in [-0.15, -0.1) is 0 Å². The van der Waals surface area contributed by atoms with Crippen LogP contribution < -0.4 is 0 Å². The Hall–Kier alpha value is -5.12. The van der Waals surface area contributed by atoms with Crippen molar-refractivity contribution < 1.29 is 19.2 Å². The summed E-state index contributed by atoms with van der Waals surface area (Å²) < 4.78 is 0. The first-order valence-electron chi connectivity index (χ1n) is 20.6. The standard InChI is InChI=1S/C45H52N6O4/c1-48-42(52)38-36-30-14-7-9-16-32(30)46-34(36)18-11-19-35-37(31-15-8-10-17-33(31)47-35)39-41(45(55)49(2)43(39)53)51-26-22-29(23-27-51)13-6-4-3-5-12-28-20-24-50(25-21-28)40(38)44(48)54/h7-10,14-17,28-29,46-47H,3-6,11-13,18-27H2,1-2H3. The number of hydrogen-bond acceptors (Lipinski definition) is 6. The number of carbonyl (C=O) groups excluding carboxylic acids is 4. The molecular formula is C45H52N6O4. The maximum absolute atomic E-state index is 14.1. The minimum absolute atomic E-state index is 0.218. The molecular weight excluding hydrogens is 689 g/mol. The first-order valence-corrected chi connectivity index (χ1v) is 20.6. The van der Waals surface area contributed by atoms with Gasteiger partial charge in [0, 0.05) is 84.6 Å². The monoisotopic (exact) mass is 740 g/mol. The van der Waals surface area contributed by atoms with Crippen molar-refractivity contribution in [2.45, 2.75) is 83.5 Å². The van der Waals surface area contributed by atoms with Crippen molar-refractivity contribution in [3.05, 3.63) is 82.4 Å². The fourth-order valence-electron chi connectivity index (χ4n) is 10.2. The molecule has 2 N–H and O–H groups in total. The van der Waals surface area contributed by atoms with Gasteiger partial charge in [-0.3, -0.25) is 29.0 Å². The molecule has 0 spiro atoms. The van der Waals surface area contributed by atoms with Crippen LogP contribution >= 0.6 is 0 Å². The molecule has 55 heavy (non-hydrogen) atoms. The number of piperidine rings is 2. The van der Waals surface area contributed by atoms with Crippen LogP contribution in [0.25, 0.3) is 33.0 Å². The lowest BCUT2D eigenvalue weighted by Gasteiger charge is -2.34. The van der Waals surface area contributed by atoms with Gasteiger partial charge in [-0.05, 0) is 68.9 Å². The van der Waals surface area contributed by atoms with E-state index < -0.39 is 0 Å². The van der Waals surface area contributed by atoms with E-state index in [4.69, 9.17) is 0 Å². The number of nitrogens with zero attached hydrogens (tertiary/aromatic N) is 4. The van der Waals surface area contributed by atoms with E-state index in [-0.39, 0.29) is 23.6 Å². The lowest BCUT2D eigenvalue weighted by molar-refractivity contribution is -0.137. The van der Waals surface area contributed by atoms with Gasteiger partial charge < -0.3 is 19.8 Å². The number of aryl methyl sites for hydroxylation is 2. The highest BCUT2D eigenvalue weighted by Crippen LogP contribution is 2.42. The van der Waals surface area contributed by atoms with E-state index in [0.29, 0.717) is 53.6 Å². The molecule has 9 heterocycles. The van der Waals surface area contributed by atoms with E-state index in [1.165, 1.54) is 48.3 Å². The minimum atomic E-state index is -0.250. The fraction of sp³-hybridized carbons (Fsp3) is 0.467. The van der Waals surface area contributed by atoms with Gasteiger partial charge in [-0.1, -0.05) is 74.9 Å². The molecule has 10 heteroatoms. The molecule has 11 rings (SSSR count). The third kappa shape index (κ3) is 6.18. The number of carbonyl (C=O) groups is 4. The van der Waals surface area contributed by atoms with Gasteiger partial charge in [0.05, 0.1) is 11.1 Å². The predicted octanol–water partition coefficient (Wildman–Crippen LogP) is 7.02. The van der Waals surface area contributed by atoms with Crippen LogP contribution in [0, 0.1) is 11.8 Å². The number of likely N-dealkylation sites (N-methyl/N-ethyl adjacent to an activating group) is 2. The molecule has 0 radical (unpaired) electrons. The number of amides is 4. The van der Waals surface area contributed by atoms with Crippen molar-refractivity contribution >= 4 is 56.6 Å². The number of imide groups is 2. The molecule has 2 aromatic carbocycles. The molecule has 0 atom stereocenters. The first kappa shape index (κ1) is 35.6. The van der Waals surface area contributed by atoms with Crippen LogP contribution in [0.4, 0.5) is 0 Å². The average molecular weight is 741 g/mol. The van der Waals surface area contributed by atoms with Gasteiger partial charge in [0.1, 0.15) is 11.4 Å². The van der Waals surface area contributed by atoms with E-state index in [1.807, 2.05) is 48.5 Å². The Morgan fingerprint density at radius 1 is 0.491 bits per heavy atom. The number of rotatable bonds is 0. The lowest BCUT2D eigenvalue weighted by atomic mass is 9.88. The molecule has 2 saturated heterocycles. The Balaban J connectivity index is 1.13. The summed E-state index contributed by atoms with van der Waals surface area (Å²) >= 11 is 0. The minimum Gasteiger partial charge on any atom is -0.366 e. The van der Waals surface area contributed by atoms with E-state index in [0.717, 1.165) is 96.2 Å². The van der Waals surface area contributed by atoms with Crippen molar-refractivity contribution in [1.29, 1.82) is 0 Å². The Bertz CT molecular complexity index is 2100. The summed E-state index contributed by atoms with van der Waals surface area (Å²) in [6.45, 7) is 3.13. The zero-order valence-electron chi connectivity index (χ0n) is 32.2. The summed E-state index contributed by atoms with van der Waals surface area (Å²) in [6.07, 6.45) is 13.4. The lowest BCUT2D eigenvalue weighted by Crippen LogP contribution is -2.37. The Morgan fingerprint density at radius 3 is 1.31 bits per heavy atom. The molecule has 4 aromatic rings. The number of benzene rings is 2. The normalized spacial score (nSPS) is 23.5. The SMILES string of the molecule is CN1C(=O)C2=C(C1=O)N1CCC(CCCCCCC3CCN(CC3)C3=C(C(=O)N(C)C3=O)c3c([nH]c4ccccc34)CCCc3[nH]c4ccccc4c32)CC1. The highest BCUT2D eigenvalue weighted by Gasteiger charge is 2.44. The summed E-state index contributed by atoms with van der Waals surface area (Å²) in [4.78, 5) is 70.2. The van der Waals surface area contributed by atoms with E-state index in [2.05, 4.69) is 19.8 Å². The summed E-state index contributed by atoms with van der Waals surface area (Å²) in [6, 6.07) is 16.1. The largest absolute Gasteiger partial charge is 0.366 e. The highest BCUT2D eigenvalue weighted by atomic mass is 16.2. The second kappa shape index (κ2) is 14.5. The molecule has 2 fully saturated rings. The second-order valence-electron chi connectivity index (χ2n) is 16.5. The second-order valence-corrected chi connectivity index (χ2v) is 16.5. The number of para-hydroxylation sites is 2. The Morgan fingerprint density at radius 2 is 0.891 bits per heavy atom. The molecule has 10 nitrogen and oxygen atoms in total. The van der Waals surface area contributed by atoms with Gasteiger partial charge >= 0.3 is 0 Å². The van der Waals surface area contributed by atoms with Crippen molar-refractivity contribution in [3.63, 3.8) is 0 Å². The summed E-state index contributed by atoms with van der Waals surface area (Å²) in [5, 5.41) is 1.88. The Kier molecular flexibility index (Phi) is 9.38. The quantitative estimate of drug-likeness (QED) is 0.188. The van der Waals surface area contributed by atoms with Gasteiger partial charge in [0.25, 0.3) is 23.6 Å². The molecule has 7 aliphatic rings. The fourth-order valence-corrected chi connectivity index (χ4v) is 10.2. The third-order valence-corrected chi connectivity index (χ3v) is 13.3. The molecule has 0 saturated carbocycles. The van der Waals surface area contributed by atoms with Gasteiger partial charge in [0.15, 0.2) is 0 Å². The number of nitrogens with one attached hydrogen (secondary N) is 2. The first-order chi connectivity index (χ1) is 26.8. The molecule has 0 unspecified atom stereocenters. The number of fused-ring (bicyclic) bond motifs is 4. The number of hydrogen-bond donors (Lipinski definition) is 2. The molecule has 4 amide bonds. The van der Waals surface area contributed by atoms with Crippen LogP contribution in [0.15, 0.2) is 59.9 Å². The predicted molar refractivity (Wildman–Crippen MR) is 214 cm³/mol. The Labute approximate surface area is 322 Å². The average Bonchev–Trinajstić information content (AvgIpc) is 3.88. The highest BCUT2D eigenvalue weighted by molar-refractivity contribution is 6.38. The van der Waals surface area contributed by atoms with Gasteiger partial charge in [-0.2, -0.15) is 0 Å². The van der Waals surface area contributed by atoms with Crippen molar-refractivity contribution in [2.75, 3.05) is 40.3 Å². The number of aromatic amines is 2. The topological polar surface area (TPSA) is 113 Å². The van der Waals surface area contributed by atoms with Crippen LogP contribution in [0.1, 0.15) is 93.1 Å². The zero-order chi connectivity index (χ0) is 37.8. The molecule has 2 aromatic heterocycles. The van der Waals surface area contributed by atoms with Crippen LogP contribution in [0.5, 0.6) is 0 Å². The molecule has 7 aliphatic heterocycles. The number of H-pyrrole nitrogens is 2. The van der Waals surface area contributed by atoms with E-state index in [9.17, 15) is 19.2 Å². The third-order valence-electron chi connectivity index (χ3n) is 13.3. The van der Waals surface area contributed by atoms with E-state index in [1.54, 1.807) is 14.1 Å². The smallest absolute Gasteiger partial charge is 0.277 e. The van der Waals surface area contributed by atoms with Gasteiger partial charge in [0.2, 0.25) is 0 Å². The summed E-state index contributed by atoms with van der Waals surface area (Å²) in [7, 11) is 3.21. The zero-order valence-corrected chi connectivity index (χ0v) is 32.2. The van der Waals surface area contributed by atoms with Gasteiger partial charge in [-0.25, -0.2) is 0 Å². The number of aromatic nitrogens is 2. The van der Waals surface area contributed by atoms with Crippen molar-refractivity contribution in [3.8, 4) is 0 Å². The van der Waals surface area contributed by atoms with Crippen LogP contribution in [-0.4, -0.2) is 93.5 Å². The van der Waals surface area contributed by atoms with Crippen molar-refractivity contribution in [1.82, 2.24) is 29.6 Å². The summed E-state index contributed by atoms with van der Waals surface area (Å²) in [5.41, 5.74) is 7.47. The maximum atomic E-state index is 14.1. The summed E-state index contributed by atoms with van der Waals surface area (Å²) in [5.74, 6) is 0.353. The molecule has 4 bridgehead atoms.